The van der Waals surface area contributed by atoms with Crippen LogP contribution in [0.4, 0.5) is 11.4 Å². The van der Waals surface area contributed by atoms with E-state index in [0.29, 0.717) is 61.8 Å². The number of carbonyl (C=O) groups is 3. The Balaban J connectivity index is 1.23. The Labute approximate surface area is 322 Å². The van der Waals surface area contributed by atoms with Gasteiger partial charge in [-0.15, -0.1) is 0 Å². The van der Waals surface area contributed by atoms with Gasteiger partial charge in [-0.05, 0) is 96.6 Å². The molecule has 1 fully saturated rings. The van der Waals surface area contributed by atoms with Crippen LogP contribution in [0.25, 0.3) is 11.3 Å². The van der Waals surface area contributed by atoms with Crippen LogP contribution in [-0.4, -0.2) is 87.5 Å². The first-order chi connectivity index (χ1) is 26.7. The largest absolute Gasteiger partial charge is 0.508 e. The molecule has 1 aromatic heterocycles. The molecule has 1 atom stereocenters. The van der Waals surface area contributed by atoms with E-state index >= 15 is 4.79 Å². The minimum absolute atomic E-state index is 0.0126. The molecule has 3 aliphatic heterocycles. The third kappa shape index (κ3) is 7.15. The fourth-order valence-corrected chi connectivity index (χ4v) is 8.35. The number of amides is 3. The van der Waals surface area contributed by atoms with Gasteiger partial charge >= 0.3 is 0 Å². The molecule has 4 heterocycles. The first-order valence-electron chi connectivity index (χ1n) is 19.1. The van der Waals surface area contributed by atoms with Crippen molar-refractivity contribution in [2.75, 3.05) is 44.3 Å². The summed E-state index contributed by atoms with van der Waals surface area (Å²) >= 11 is 0. The van der Waals surface area contributed by atoms with Crippen molar-refractivity contribution in [1.29, 1.82) is 0 Å². The van der Waals surface area contributed by atoms with E-state index in [9.17, 15) is 14.7 Å². The molecule has 55 heavy (non-hydrogen) atoms. The van der Waals surface area contributed by atoms with Gasteiger partial charge in [0.2, 0.25) is 5.91 Å². The van der Waals surface area contributed by atoms with Crippen molar-refractivity contribution < 1.29 is 24.2 Å². The number of anilines is 2. The minimum atomic E-state index is -0.225. The number of ether oxygens (including phenoxy) is 1. The molecule has 0 radical (unpaired) electrons. The second-order valence-corrected chi connectivity index (χ2v) is 14.9. The van der Waals surface area contributed by atoms with Gasteiger partial charge in [-0.1, -0.05) is 42.5 Å². The van der Waals surface area contributed by atoms with Crippen LogP contribution in [0.3, 0.4) is 0 Å². The fourth-order valence-electron chi connectivity index (χ4n) is 8.35. The summed E-state index contributed by atoms with van der Waals surface area (Å²) in [5.41, 5.74) is 9.16. The summed E-state index contributed by atoms with van der Waals surface area (Å²) < 4.78 is 7.66. The van der Waals surface area contributed by atoms with Gasteiger partial charge in [0.15, 0.2) is 0 Å². The molecule has 0 saturated carbocycles. The van der Waals surface area contributed by atoms with Gasteiger partial charge in [0.1, 0.15) is 5.75 Å². The summed E-state index contributed by atoms with van der Waals surface area (Å²) in [6.45, 7) is 8.83. The van der Waals surface area contributed by atoms with Gasteiger partial charge in [0.05, 0.1) is 18.8 Å². The van der Waals surface area contributed by atoms with Crippen LogP contribution in [-0.2, 0) is 42.5 Å². The first-order valence-corrected chi connectivity index (χ1v) is 19.1. The number of fused-ring (bicyclic) bond motifs is 2. The number of phenols is 1. The molecule has 8 rings (SSSR count). The normalized spacial score (nSPS) is 17.0. The van der Waals surface area contributed by atoms with E-state index in [1.165, 1.54) is 5.56 Å². The van der Waals surface area contributed by atoms with Crippen LogP contribution in [0.1, 0.15) is 55.6 Å². The van der Waals surface area contributed by atoms with E-state index < -0.39 is 0 Å². The van der Waals surface area contributed by atoms with Gasteiger partial charge in [0.25, 0.3) is 11.8 Å². The number of aromatic nitrogens is 1. The Kier molecular flexibility index (Phi) is 10.0. The Hall–Kier alpha value is -5.71. The number of phenolic OH excluding ortho intramolecular Hbond substituents is 1. The van der Waals surface area contributed by atoms with Crippen molar-refractivity contribution in [3.63, 3.8) is 0 Å². The number of hydrogen-bond donors (Lipinski definition) is 1. The van der Waals surface area contributed by atoms with Crippen molar-refractivity contribution >= 4 is 29.1 Å². The van der Waals surface area contributed by atoms with Gasteiger partial charge in [-0.2, -0.15) is 0 Å². The third-order valence-electron chi connectivity index (χ3n) is 11.6. The average molecular weight is 738 g/mol. The predicted molar refractivity (Wildman–Crippen MR) is 212 cm³/mol. The molecule has 0 aliphatic carbocycles. The van der Waals surface area contributed by atoms with E-state index in [4.69, 9.17) is 4.74 Å². The van der Waals surface area contributed by atoms with Crippen molar-refractivity contribution in [2.24, 2.45) is 7.05 Å². The Morgan fingerprint density at radius 3 is 2.20 bits per heavy atom. The van der Waals surface area contributed by atoms with Crippen LogP contribution in [0.2, 0.25) is 0 Å². The Bertz CT molecular complexity index is 2240. The van der Waals surface area contributed by atoms with Gasteiger partial charge in [-0.25, -0.2) is 0 Å². The number of para-hydroxylation sites is 1. The van der Waals surface area contributed by atoms with Crippen LogP contribution >= 0.6 is 0 Å². The summed E-state index contributed by atoms with van der Waals surface area (Å²) in [6, 6.07) is 30.5. The van der Waals surface area contributed by atoms with Crippen molar-refractivity contribution in [3.05, 3.63) is 136 Å². The highest BCUT2D eigenvalue weighted by Crippen LogP contribution is 2.37. The molecule has 3 amide bonds. The molecule has 282 valence electrons. The second-order valence-electron chi connectivity index (χ2n) is 14.9. The molecular weight excluding hydrogens is 691 g/mol. The molecule has 10 heteroatoms. The molecule has 1 N–H and O–H groups in total. The molecule has 0 bridgehead atoms. The van der Waals surface area contributed by atoms with Gasteiger partial charge in [-0.3, -0.25) is 24.2 Å². The molecule has 4 aromatic carbocycles. The molecular formula is C45H47N5O5. The molecule has 0 unspecified atom stereocenters. The van der Waals surface area contributed by atoms with E-state index in [1.54, 1.807) is 36.1 Å². The van der Waals surface area contributed by atoms with E-state index in [0.717, 1.165) is 59.7 Å². The van der Waals surface area contributed by atoms with Crippen LogP contribution in [0, 0.1) is 6.92 Å². The van der Waals surface area contributed by atoms with Crippen LogP contribution in [0.15, 0.2) is 97.1 Å². The van der Waals surface area contributed by atoms with Crippen LogP contribution < -0.4 is 4.90 Å². The standard InChI is InChI=1S/C45H47N5O5/c1-30-40(45(54)50(36-11-5-4-6-12-36)37-13-15-39(52)16-14-37)26-43(46(30)3)41-24-33-17-18-48(31(2)51)27-35(33)25-42(41)44(53)49-28-34-10-8-7-9-32(34)23-38(49)29-47-19-21-55-22-20-47/h4-16,24-26,38,52H,17-23,27-29H2,1-3H3/t38-/m0/s1. The van der Waals surface area contributed by atoms with Gasteiger partial charge < -0.3 is 24.2 Å². The number of carbonyl (C=O) groups excluding carboxylic acids is 3. The highest BCUT2D eigenvalue weighted by atomic mass is 16.5. The Morgan fingerprint density at radius 1 is 0.782 bits per heavy atom. The zero-order chi connectivity index (χ0) is 38.2. The lowest BCUT2D eigenvalue weighted by Crippen LogP contribution is -2.52. The minimum Gasteiger partial charge on any atom is -0.508 e. The SMILES string of the molecule is CC(=O)N1CCc2cc(-c3cc(C(=O)N(c4ccccc4)c4ccc(O)cc4)c(C)n3C)c(C(=O)N3Cc4ccccc4C[C@H]3CN3CCOCC3)cc2C1. The van der Waals surface area contributed by atoms with Crippen molar-refractivity contribution in [2.45, 2.75) is 45.8 Å². The average Bonchev–Trinajstić information content (AvgIpc) is 3.51. The molecule has 1 saturated heterocycles. The van der Waals surface area contributed by atoms with E-state index in [-0.39, 0.29) is 29.5 Å². The summed E-state index contributed by atoms with van der Waals surface area (Å²) in [4.78, 5) is 50.5. The number of rotatable bonds is 7. The number of morpholine rings is 1. The summed E-state index contributed by atoms with van der Waals surface area (Å²) in [7, 11) is 1.94. The summed E-state index contributed by atoms with van der Waals surface area (Å²) in [6.07, 6.45) is 1.43. The highest BCUT2D eigenvalue weighted by molar-refractivity contribution is 6.12. The lowest BCUT2D eigenvalue weighted by atomic mass is 9.89. The topological polar surface area (TPSA) is 98.6 Å². The molecule has 0 spiro atoms. The maximum absolute atomic E-state index is 15.3. The second kappa shape index (κ2) is 15.2. The molecule has 5 aromatic rings. The smallest absolute Gasteiger partial charge is 0.264 e. The number of benzene rings is 4. The monoisotopic (exact) mass is 737 g/mol. The third-order valence-corrected chi connectivity index (χ3v) is 11.6. The highest BCUT2D eigenvalue weighted by Gasteiger charge is 2.35. The molecule has 10 nitrogen and oxygen atoms in total. The maximum Gasteiger partial charge on any atom is 0.264 e. The van der Waals surface area contributed by atoms with Crippen LogP contribution in [0.5, 0.6) is 5.75 Å². The van der Waals surface area contributed by atoms with Crippen molar-refractivity contribution in [1.82, 2.24) is 19.3 Å². The first kappa shape index (κ1) is 36.3. The van der Waals surface area contributed by atoms with E-state index in [2.05, 4.69) is 29.2 Å². The number of aromatic hydroxyl groups is 1. The zero-order valence-electron chi connectivity index (χ0n) is 31.7. The Morgan fingerprint density at radius 2 is 1.47 bits per heavy atom. The molecule has 3 aliphatic rings. The van der Waals surface area contributed by atoms with E-state index in [1.807, 2.05) is 76.9 Å². The number of hydrogen-bond acceptors (Lipinski definition) is 6. The lowest BCUT2D eigenvalue weighted by Gasteiger charge is -2.41. The van der Waals surface area contributed by atoms with Crippen molar-refractivity contribution in [3.8, 4) is 17.0 Å². The summed E-state index contributed by atoms with van der Waals surface area (Å²) in [5.74, 6) is -0.161. The predicted octanol–water partition coefficient (Wildman–Crippen LogP) is 6.49. The lowest BCUT2D eigenvalue weighted by molar-refractivity contribution is -0.129. The quantitative estimate of drug-likeness (QED) is 0.205. The summed E-state index contributed by atoms with van der Waals surface area (Å²) in [5, 5.41) is 10.0. The maximum atomic E-state index is 15.3. The number of nitrogens with zero attached hydrogens (tertiary/aromatic N) is 5. The zero-order valence-corrected chi connectivity index (χ0v) is 31.7. The fraction of sp³-hybridized carbons (Fsp3) is 0.311. The van der Waals surface area contributed by atoms with Gasteiger partial charge in [0, 0.05) is 93.2 Å².